The lowest BCUT2D eigenvalue weighted by atomic mass is 9.86. The van der Waals surface area contributed by atoms with Crippen molar-refractivity contribution in [2.75, 3.05) is 39.4 Å². The number of carbonyl (C=O) groups is 1. The highest BCUT2D eigenvalue weighted by Gasteiger charge is 2.37. The summed E-state index contributed by atoms with van der Waals surface area (Å²) in [6, 6.07) is 15.4. The number of rotatable bonds is 10. The Bertz CT molecular complexity index is 1230. The van der Waals surface area contributed by atoms with Crippen molar-refractivity contribution in [3.8, 4) is 28.7 Å². The van der Waals surface area contributed by atoms with Gasteiger partial charge in [-0.2, -0.15) is 0 Å². The Balaban J connectivity index is 1.98. The van der Waals surface area contributed by atoms with Crippen molar-refractivity contribution >= 4 is 11.6 Å². The standard InChI is InChI=1S/C30H35NO6/c1-7-19-10-12-22(13-11-19)31-28(32)17-20-14-24(36-8-2)25(37-9-3)18-23(20)29(31)21-15-26(33-4)30(35-6)27(16-21)34-5/h10-16,18,29H,7-9,17H2,1-6H3/t29-/m0/s1. The maximum Gasteiger partial charge on any atom is 0.232 e. The summed E-state index contributed by atoms with van der Waals surface area (Å²) in [7, 11) is 4.75. The molecule has 7 heteroatoms. The van der Waals surface area contributed by atoms with Crippen molar-refractivity contribution in [2.24, 2.45) is 0 Å². The predicted molar refractivity (Wildman–Crippen MR) is 144 cm³/mol. The average Bonchev–Trinajstić information content (AvgIpc) is 2.92. The van der Waals surface area contributed by atoms with Crippen LogP contribution in [-0.4, -0.2) is 40.5 Å². The molecule has 0 N–H and O–H groups in total. The zero-order chi connectivity index (χ0) is 26.5. The smallest absolute Gasteiger partial charge is 0.232 e. The first kappa shape index (κ1) is 26.2. The summed E-state index contributed by atoms with van der Waals surface area (Å²) in [5.74, 6) is 2.82. The Labute approximate surface area is 218 Å². The molecular formula is C30H35NO6. The van der Waals surface area contributed by atoms with E-state index >= 15 is 0 Å². The van der Waals surface area contributed by atoms with Gasteiger partial charge in [0.15, 0.2) is 23.0 Å². The van der Waals surface area contributed by atoms with Gasteiger partial charge < -0.3 is 28.6 Å². The Hall–Kier alpha value is -3.87. The molecule has 0 fully saturated rings. The van der Waals surface area contributed by atoms with E-state index in [4.69, 9.17) is 23.7 Å². The SMILES string of the molecule is CCOc1cc2c(cc1OCC)[C@H](c1cc(OC)c(OC)c(OC)c1)N(c1ccc(CC)cc1)C(=O)C2. The van der Waals surface area contributed by atoms with Gasteiger partial charge in [-0.3, -0.25) is 4.79 Å². The van der Waals surface area contributed by atoms with Gasteiger partial charge >= 0.3 is 0 Å². The maximum atomic E-state index is 13.8. The summed E-state index contributed by atoms with van der Waals surface area (Å²) in [6.45, 7) is 6.98. The molecule has 1 atom stereocenters. The second kappa shape index (κ2) is 11.5. The van der Waals surface area contributed by atoms with E-state index in [1.807, 2.05) is 55.1 Å². The van der Waals surface area contributed by atoms with Crippen LogP contribution in [0.3, 0.4) is 0 Å². The molecule has 3 aromatic carbocycles. The monoisotopic (exact) mass is 505 g/mol. The Morgan fingerprint density at radius 2 is 1.38 bits per heavy atom. The third-order valence-corrected chi connectivity index (χ3v) is 6.59. The number of ether oxygens (including phenoxy) is 5. The van der Waals surface area contributed by atoms with Gasteiger partial charge in [0.1, 0.15) is 0 Å². The first-order valence-corrected chi connectivity index (χ1v) is 12.6. The topological polar surface area (TPSA) is 66.5 Å². The van der Waals surface area contributed by atoms with Gasteiger partial charge in [-0.05, 0) is 78.9 Å². The molecule has 7 nitrogen and oxygen atoms in total. The van der Waals surface area contributed by atoms with Crippen molar-refractivity contribution in [1.82, 2.24) is 0 Å². The van der Waals surface area contributed by atoms with E-state index < -0.39 is 6.04 Å². The summed E-state index contributed by atoms with van der Waals surface area (Å²) in [5, 5.41) is 0. The number of fused-ring (bicyclic) bond motifs is 1. The summed E-state index contributed by atoms with van der Waals surface area (Å²) in [6.07, 6.45) is 1.17. The quantitative estimate of drug-likeness (QED) is 0.350. The second-order valence-corrected chi connectivity index (χ2v) is 8.69. The number of methoxy groups -OCH3 is 3. The van der Waals surface area contributed by atoms with Crippen molar-refractivity contribution < 1.29 is 28.5 Å². The molecule has 0 unspecified atom stereocenters. The summed E-state index contributed by atoms with van der Waals surface area (Å²) >= 11 is 0. The van der Waals surface area contributed by atoms with Crippen LogP contribution in [0.5, 0.6) is 28.7 Å². The van der Waals surface area contributed by atoms with Crippen LogP contribution in [0.1, 0.15) is 49.1 Å². The molecule has 0 bridgehead atoms. The van der Waals surface area contributed by atoms with E-state index in [1.54, 1.807) is 21.3 Å². The minimum Gasteiger partial charge on any atom is -0.493 e. The molecule has 1 aliphatic rings. The lowest BCUT2D eigenvalue weighted by molar-refractivity contribution is -0.118. The van der Waals surface area contributed by atoms with Crippen LogP contribution in [0, 0.1) is 0 Å². The fourth-order valence-corrected chi connectivity index (χ4v) is 4.87. The van der Waals surface area contributed by atoms with Crippen molar-refractivity contribution in [2.45, 2.75) is 39.7 Å². The van der Waals surface area contributed by atoms with E-state index in [-0.39, 0.29) is 12.3 Å². The number of nitrogens with zero attached hydrogens (tertiary/aromatic N) is 1. The van der Waals surface area contributed by atoms with Crippen LogP contribution in [0.4, 0.5) is 5.69 Å². The fourth-order valence-electron chi connectivity index (χ4n) is 4.87. The number of benzene rings is 3. The predicted octanol–water partition coefficient (Wildman–Crippen LogP) is 5.75. The van der Waals surface area contributed by atoms with Crippen LogP contribution < -0.4 is 28.6 Å². The van der Waals surface area contributed by atoms with Crippen LogP contribution in [0.2, 0.25) is 0 Å². The van der Waals surface area contributed by atoms with E-state index in [2.05, 4.69) is 19.1 Å². The first-order valence-electron chi connectivity index (χ1n) is 12.6. The first-order chi connectivity index (χ1) is 18.0. The fraction of sp³-hybridized carbons (Fsp3) is 0.367. The van der Waals surface area contributed by atoms with Gasteiger partial charge in [-0.15, -0.1) is 0 Å². The molecule has 0 saturated carbocycles. The van der Waals surface area contributed by atoms with E-state index in [1.165, 1.54) is 5.56 Å². The van der Waals surface area contributed by atoms with Gasteiger partial charge in [-0.1, -0.05) is 19.1 Å². The lowest BCUT2D eigenvalue weighted by Gasteiger charge is -2.38. The van der Waals surface area contributed by atoms with Crippen LogP contribution >= 0.6 is 0 Å². The average molecular weight is 506 g/mol. The van der Waals surface area contributed by atoms with Crippen molar-refractivity contribution in [3.63, 3.8) is 0 Å². The summed E-state index contributed by atoms with van der Waals surface area (Å²) in [5.41, 5.74) is 4.71. The molecule has 3 aromatic rings. The minimum atomic E-state index is -0.452. The molecule has 1 aliphatic heterocycles. The Morgan fingerprint density at radius 1 is 0.784 bits per heavy atom. The Kier molecular flexibility index (Phi) is 8.11. The summed E-state index contributed by atoms with van der Waals surface area (Å²) < 4.78 is 28.7. The largest absolute Gasteiger partial charge is 0.493 e. The molecule has 196 valence electrons. The van der Waals surface area contributed by atoms with Gasteiger partial charge in [0.25, 0.3) is 0 Å². The second-order valence-electron chi connectivity index (χ2n) is 8.69. The van der Waals surface area contributed by atoms with E-state index in [9.17, 15) is 4.79 Å². The number of hydrogen-bond acceptors (Lipinski definition) is 6. The highest BCUT2D eigenvalue weighted by atomic mass is 16.5. The molecule has 0 radical (unpaired) electrons. The minimum absolute atomic E-state index is 0.0119. The third kappa shape index (κ3) is 5.03. The molecule has 0 aromatic heterocycles. The molecule has 0 saturated heterocycles. The molecule has 1 amide bonds. The molecule has 4 rings (SSSR count). The Morgan fingerprint density at radius 3 is 1.89 bits per heavy atom. The molecular weight excluding hydrogens is 470 g/mol. The van der Waals surface area contributed by atoms with Crippen LogP contribution in [0.25, 0.3) is 0 Å². The van der Waals surface area contributed by atoms with Crippen molar-refractivity contribution in [1.29, 1.82) is 0 Å². The highest BCUT2D eigenvalue weighted by molar-refractivity contribution is 5.98. The zero-order valence-corrected chi connectivity index (χ0v) is 22.4. The number of aryl methyl sites for hydroxylation is 1. The van der Waals surface area contributed by atoms with Crippen LogP contribution in [0.15, 0.2) is 48.5 Å². The molecule has 1 heterocycles. The highest BCUT2D eigenvalue weighted by Crippen LogP contribution is 2.47. The molecule has 0 spiro atoms. The number of hydrogen-bond donors (Lipinski definition) is 0. The van der Waals surface area contributed by atoms with Gasteiger partial charge in [0, 0.05) is 5.69 Å². The number of carbonyl (C=O) groups excluding carboxylic acids is 1. The third-order valence-electron chi connectivity index (χ3n) is 6.59. The number of anilines is 1. The molecule has 37 heavy (non-hydrogen) atoms. The summed E-state index contributed by atoms with van der Waals surface area (Å²) in [4.78, 5) is 15.6. The molecule has 0 aliphatic carbocycles. The van der Waals surface area contributed by atoms with Crippen molar-refractivity contribution in [3.05, 3.63) is 70.8 Å². The normalized spacial score (nSPS) is 14.7. The zero-order valence-electron chi connectivity index (χ0n) is 22.4. The van der Waals surface area contributed by atoms with Crippen LogP contribution in [-0.2, 0) is 17.6 Å². The maximum absolute atomic E-state index is 13.8. The van der Waals surface area contributed by atoms with E-state index in [0.717, 1.165) is 28.8 Å². The lowest BCUT2D eigenvalue weighted by Crippen LogP contribution is -2.41. The number of amides is 1. The van der Waals surface area contributed by atoms with Gasteiger partial charge in [0.2, 0.25) is 11.7 Å². The van der Waals surface area contributed by atoms with Gasteiger partial charge in [0.05, 0.1) is 47.0 Å². The van der Waals surface area contributed by atoms with E-state index in [0.29, 0.717) is 42.0 Å². The van der Waals surface area contributed by atoms with Gasteiger partial charge in [-0.25, -0.2) is 0 Å².